The minimum Gasteiger partial charge on any atom is -0.381 e. The van der Waals surface area contributed by atoms with Crippen molar-refractivity contribution in [3.8, 4) is 0 Å². The molecule has 0 amide bonds. The Bertz CT molecular complexity index is 378. The number of nitrogens with one attached hydrogen (secondary N) is 2. The van der Waals surface area contributed by atoms with E-state index in [0.717, 1.165) is 34.2 Å². The van der Waals surface area contributed by atoms with Crippen molar-refractivity contribution in [3.63, 3.8) is 0 Å². The molecule has 1 saturated heterocycles. The Hall–Kier alpha value is -0.250. The van der Waals surface area contributed by atoms with Crippen LogP contribution in [0.4, 0.5) is 5.69 Å². The minimum absolute atomic E-state index is 0.468. The average Bonchev–Trinajstić information content (AvgIpc) is 2.34. The maximum absolute atomic E-state index is 6.21. The number of anilines is 1. The van der Waals surface area contributed by atoms with E-state index in [9.17, 15) is 0 Å². The van der Waals surface area contributed by atoms with Crippen molar-refractivity contribution in [2.75, 3.05) is 18.4 Å². The van der Waals surface area contributed by atoms with Crippen molar-refractivity contribution in [2.24, 2.45) is 5.92 Å². The molecule has 0 bridgehead atoms. The molecule has 0 spiro atoms. The van der Waals surface area contributed by atoms with Gasteiger partial charge in [-0.15, -0.1) is 0 Å². The Morgan fingerprint density at radius 2 is 2.12 bits per heavy atom. The van der Waals surface area contributed by atoms with Gasteiger partial charge in [-0.2, -0.15) is 0 Å². The van der Waals surface area contributed by atoms with Crippen LogP contribution in [0, 0.1) is 5.92 Å². The highest BCUT2D eigenvalue weighted by molar-refractivity contribution is 9.10. The predicted molar refractivity (Wildman–Crippen MR) is 77.8 cm³/mol. The van der Waals surface area contributed by atoms with E-state index in [4.69, 9.17) is 11.6 Å². The third kappa shape index (κ3) is 3.60. The molecular weight excluding hydrogens is 300 g/mol. The molecule has 2 N–H and O–H groups in total. The van der Waals surface area contributed by atoms with Crippen molar-refractivity contribution < 1.29 is 0 Å². The van der Waals surface area contributed by atoms with Crippen molar-refractivity contribution in [1.82, 2.24) is 5.32 Å². The van der Waals surface area contributed by atoms with Crippen LogP contribution in [0.5, 0.6) is 0 Å². The van der Waals surface area contributed by atoms with Gasteiger partial charge in [-0.1, -0.05) is 27.5 Å². The van der Waals surface area contributed by atoms with Crippen LogP contribution in [0.1, 0.15) is 19.8 Å². The van der Waals surface area contributed by atoms with Crippen LogP contribution >= 0.6 is 27.5 Å². The van der Waals surface area contributed by atoms with Gasteiger partial charge < -0.3 is 10.6 Å². The zero-order valence-electron chi connectivity index (χ0n) is 9.97. The second-order valence-corrected chi connectivity index (χ2v) is 5.97. The summed E-state index contributed by atoms with van der Waals surface area (Å²) < 4.78 is 1.02. The lowest BCUT2D eigenvalue weighted by molar-refractivity contribution is 0.343. The van der Waals surface area contributed by atoms with Gasteiger partial charge in [-0.3, -0.25) is 0 Å². The summed E-state index contributed by atoms with van der Waals surface area (Å²) in [6.07, 6.45) is 2.48. The van der Waals surface area contributed by atoms with Gasteiger partial charge in [-0.25, -0.2) is 0 Å². The molecule has 0 saturated carbocycles. The third-order valence-corrected chi connectivity index (χ3v) is 4.21. The number of rotatable bonds is 3. The van der Waals surface area contributed by atoms with Gasteiger partial charge in [0.05, 0.1) is 10.7 Å². The summed E-state index contributed by atoms with van der Waals surface area (Å²) >= 11 is 9.63. The normalized spacial score (nSPS) is 19.0. The first-order valence-electron chi connectivity index (χ1n) is 6.09. The number of benzene rings is 1. The molecule has 2 nitrogen and oxygen atoms in total. The van der Waals surface area contributed by atoms with E-state index in [2.05, 4.69) is 33.5 Å². The van der Waals surface area contributed by atoms with Crippen molar-refractivity contribution >= 4 is 33.2 Å². The summed E-state index contributed by atoms with van der Waals surface area (Å²) in [5.41, 5.74) is 1.03. The first kappa shape index (κ1) is 13.2. The van der Waals surface area contributed by atoms with Crippen molar-refractivity contribution in [3.05, 3.63) is 27.7 Å². The van der Waals surface area contributed by atoms with Gasteiger partial charge in [0.25, 0.3) is 0 Å². The van der Waals surface area contributed by atoms with E-state index in [0.29, 0.717) is 6.04 Å². The molecule has 1 heterocycles. The van der Waals surface area contributed by atoms with Gasteiger partial charge in [0.1, 0.15) is 0 Å². The lowest BCUT2D eigenvalue weighted by atomic mass is 9.91. The van der Waals surface area contributed by atoms with Gasteiger partial charge in [-0.05, 0) is 57.0 Å². The number of piperidine rings is 1. The molecule has 1 aliphatic heterocycles. The molecule has 0 radical (unpaired) electrons. The molecule has 94 valence electrons. The Morgan fingerprint density at radius 1 is 1.41 bits per heavy atom. The van der Waals surface area contributed by atoms with Crippen molar-refractivity contribution in [2.45, 2.75) is 25.8 Å². The summed E-state index contributed by atoms with van der Waals surface area (Å²) in [6, 6.07) is 6.45. The summed E-state index contributed by atoms with van der Waals surface area (Å²) in [5.74, 6) is 0.732. The molecule has 1 fully saturated rings. The fourth-order valence-corrected chi connectivity index (χ4v) is 3.04. The zero-order valence-corrected chi connectivity index (χ0v) is 12.3. The van der Waals surface area contributed by atoms with Crippen LogP contribution in [0.3, 0.4) is 0 Å². The highest BCUT2D eigenvalue weighted by Gasteiger charge is 2.20. The van der Waals surface area contributed by atoms with Crippen LogP contribution in [-0.2, 0) is 0 Å². The summed E-state index contributed by atoms with van der Waals surface area (Å²) in [5, 5.41) is 7.70. The van der Waals surface area contributed by atoms with Crippen LogP contribution in [0.25, 0.3) is 0 Å². The first-order valence-corrected chi connectivity index (χ1v) is 7.26. The van der Waals surface area contributed by atoms with Crippen LogP contribution in [0.2, 0.25) is 5.02 Å². The predicted octanol–water partition coefficient (Wildman–Crippen LogP) is 3.90. The molecule has 1 atom stereocenters. The maximum Gasteiger partial charge on any atom is 0.0648 e. The lowest BCUT2D eigenvalue weighted by Crippen LogP contribution is -2.36. The van der Waals surface area contributed by atoms with E-state index in [1.54, 1.807) is 0 Å². The highest BCUT2D eigenvalue weighted by atomic mass is 79.9. The highest BCUT2D eigenvalue weighted by Crippen LogP contribution is 2.28. The second-order valence-electron chi connectivity index (χ2n) is 4.64. The fourth-order valence-electron chi connectivity index (χ4n) is 2.31. The quantitative estimate of drug-likeness (QED) is 0.883. The monoisotopic (exact) mass is 316 g/mol. The minimum atomic E-state index is 0.468. The maximum atomic E-state index is 6.21. The van der Waals surface area contributed by atoms with Gasteiger partial charge in [0, 0.05) is 10.5 Å². The molecule has 1 aromatic rings. The molecule has 17 heavy (non-hydrogen) atoms. The Kier molecular flexibility index (Phi) is 4.71. The number of hydrogen-bond acceptors (Lipinski definition) is 2. The fraction of sp³-hybridized carbons (Fsp3) is 0.538. The van der Waals surface area contributed by atoms with Gasteiger partial charge in [0.15, 0.2) is 0 Å². The molecule has 0 aromatic heterocycles. The molecule has 1 aromatic carbocycles. The molecule has 4 heteroatoms. The van der Waals surface area contributed by atoms with Crippen LogP contribution < -0.4 is 10.6 Å². The molecule has 2 rings (SSSR count). The van der Waals surface area contributed by atoms with E-state index in [1.165, 1.54) is 12.8 Å². The number of halogens is 2. The topological polar surface area (TPSA) is 24.1 Å². The zero-order chi connectivity index (χ0) is 12.3. The number of hydrogen-bond donors (Lipinski definition) is 2. The smallest absolute Gasteiger partial charge is 0.0648 e. The van der Waals surface area contributed by atoms with Gasteiger partial charge >= 0.3 is 0 Å². The Morgan fingerprint density at radius 3 is 2.76 bits per heavy atom. The Balaban J connectivity index is 1.99. The SMILES string of the molecule is CC(Nc1ccc(Br)cc1Cl)C1CCNCC1. The molecule has 1 aliphatic rings. The molecule has 1 unspecified atom stereocenters. The van der Waals surface area contributed by atoms with E-state index >= 15 is 0 Å². The standard InChI is InChI=1S/C13H18BrClN2/c1-9(10-4-6-16-7-5-10)17-13-3-2-11(14)8-12(13)15/h2-3,8-10,16-17H,4-7H2,1H3. The summed E-state index contributed by atoms with van der Waals surface area (Å²) in [4.78, 5) is 0. The first-order chi connectivity index (χ1) is 8.16. The van der Waals surface area contributed by atoms with Crippen LogP contribution in [0.15, 0.2) is 22.7 Å². The third-order valence-electron chi connectivity index (χ3n) is 3.41. The van der Waals surface area contributed by atoms with Gasteiger partial charge in [0.2, 0.25) is 0 Å². The van der Waals surface area contributed by atoms with Crippen LogP contribution in [-0.4, -0.2) is 19.1 Å². The second kappa shape index (κ2) is 6.07. The lowest BCUT2D eigenvalue weighted by Gasteiger charge is -2.29. The van der Waals surface area contributed by atoms with Crippen molar-refractivity contribution in [1.29, 1.82) is 0 Å². The average molecular weight is 318 g/mol. The molecular formula is C13H18BrClN2. The van der Waals surface area contributed by atoms with E-state index < -0.39 is 0 Å². The molecule has 0 aliphatic carbocycles. The van der Waals surface area contributed by atoms with E-state index in [-0.39, 0.29) is 0 Å². The Labute approximate surface area is 116 Å². The largest absolute Gasteiger partial charge is 0.381 e. The summed E-state index contributed by atoms with van der Waals surface area (Å²) in [7, 11) is 0. The van der Waals surface area contributed by atoms with E-state index in [1.807, 2.05) is 18.2 Å². The summed E-state index contributed by atoms with van der Waals surface area (Å²) in [6.45, 7) is 4.50.